The molecular formula is C28H34FN9O3. The van der Waals surface area contributed by atoms with Gasteiger partial charge in [0.1, 0.15) is 42.2 Å². The number of carboxylic acid groups (broad SMARTS) is 1. The van der Waals surface area contributed by atoms with E-state index in [9.17, 15) is 14.3 Å². The van der Waals surface area contributed by atoms with Crippen molar-refractivity contribution in [1.82, 2.24) is 35.0 Å². The van der Waals surface area contributed by atoms with E-state index in [1.165, 1.54) is 24.2 Å². The number of halogens is 1. The Kier molecular flexibility index (Phi) is 9.47. The van der Waals surface area contributed by atoms with Crippen LogP contribution in [0.25, 0.3) is 11.0 Å². The maximum Gasteiger partial charge on any atom is 0.326 e. The van der Waals surface area contributed by atoms with Crippen LogP contribution in [-0.4, -0.2) is 84.9 Å². The van der Waals surface area contributed by atoms with Gasteiger partial charge in [-0.1, -0.05) is 6.07 Å². The number of anilines is 2. The van der Waals surface area contributed by atoms with Crippen LogP contribution >= 0.6 is 0 Å². The third-order valence-corrected chi connectivity index (χ3v) is 7.06. The third-order valence-electron chi connectivity index (χ3n) is 7.06. The second kappa shape index (κ2) is 13.8. The highest BCUT2D eigenvalue weighted by atomic mass is 19.1. The Labute approximate surface area is 236 Å². The van der Waals surface area contributed by atoms with E-state index < -0.39 is 17.8 Å². The second-order valence-electron chi connectivity index (χ2n) is 10.0. The van der Waals surface area contributed by atoms with Crippen molar-refractivity contribution in [1.29, 1.82) is 0 Å². The lowest BCUT2D eigenvalue weighted by molar-refractivity contribution is -0.138. The third kappa shape index (κ3) is 7.84. The number of aryl methyl sites for hydroxylation is 2. The highest BCUT2D eigenvalue weighted by molar-refractivity contribution is 5.88. The molecule has 0 saturated carbocycles. The van der Waals surface area contributed by atoms with Gasteiger partial charge in [0.15, 0.2) is 5.65 Å². The van der Waals surface area contributed by atoms with Crippen molar-refractivity contribution < 1.29 is 19.0 Å². The summed E-state index contributed by atoms with van der Waals surface area (Å²) in [6.45, 7) is 3.08. The molecule has 5 heterocycles. The Morgan fingerprint density at radius 2 is 2.10 bits per heavy atom. The van der Waals surface area contributed by atoms with Crippen LogP contribution in [0.3, 0.4) is 0 Å². The molecule has 1 unspecified atom stereocenters. The zero-order chi connectivity index (χ0) is 28.4. The van der Waals surface area contributed by atoms with E-state index in [4.69, 9.17) is 9.72 Å². The van der Waals surface area contributed by atoms with Gasteiger partial charge in [-0.3, -0.25) is 15.0 Å². The Morgan fingerprint density at radius 3 is 2.98 bits per heavy atom. The van der Waals surface area contributed by atoms with E-state index in [-0.39, 0.29) is 0 Å². The molecule has 1 aliphatic heterocycles. The summed E-state index contributed by atoms with van der Waals surface area (Å²) in [6, 6.07) is 4.70. The van der Waals surface area contributed by atoms with Crippen LogP contribution in [0.5, 0.6) is 5.75 Å². The molecule has 0 radical (unpaired) electrons. The summed E-state index contributed by atoms with van der Waals surface area (Å²) in [6.07, 6.45) is 10.8. The minimum atomic E-state index is -0.977. The van der Waals surface area contributed by atoms with Crippen LogP contribution < -0.4 is 15.4 Å². The molecule has 1 atom stereocenters. The average Bonchev–Trinajstić information content (AvgIpc) is 3.47. The minimum absolute atomic E-state index is 0.315. The topological polar surface area (TPSA) is 154 Å². The number of aromatic nitrogens is 6. The molecule has 0 bridgehead atoms. The number of aliphatic carboxylic acids is 1. The maximum absolute atomic E-state index is 13.5. The molecule has 1 aliphatic rings. The first-order valence-corrected chi connectivity index (χ1v) is 13.9. The molecule has 216 valence electrons. The van der Waals surface area contributed by atoms with Gasteiger partial charge in [-0.25, -0.2) is 24.1 Å². The molecule has 0 saturated heterocycles. The van der Waals surface area contributed by atoms with Gasteiger partial charge in [0.25, 0.3) is 0 Å². The molecule has 5 rings (SSSR count). The molecule has 0 amide bonds. The van der Waals surface area contributed by atoms with Crippen LogP contribution in [0, 0.1) is 5.82 Å². The van der Waals surface area contributed by atoms with Crippen molar-refractivity contribution >= 4 is 28.6 Å². The fourth-order valence-corrected chi connectivity index (χ4v) is 4.86. The van der Waals surface area contributed by atoms with Crippen LogP contribution in [0.15, 0.2) is 43.1 Å². The Balaban J connectivity index is 1.17. The number of H-pyrrole nitrogens is 1. The van der Waals surface area contributed by atoms with Crippen molar-refractivity contribution in [2.45, 2.75) is 44.6 Å². The summed E-state index contributed by atoms with van der Waals surface area (Å²) in [7, 11) is 0. The van der Waals surface area contributed by atoms with Gasteiger partial charge in [-0.05, 0) is 56.7 Å². The smallest absolute Gasteiger partial charge is 0.326 e. The predicted octanol–water partition coefficient (Wildman–Crippen LogP) is 3.30. The number of hydrogen-bond donors (Lipinski definition) is 4. The van der Waals surface area contributed by atoms with Crippen LogP contribution in [0.1, 0.15) is 36.9 Å². The minimum Gasteiger partial charge on any atom is -0.491 e. The van der Waals surface area contributed by atoms with Gasteiger partial charge in [-0.2, -0.15) is 5.10 Å². The summed E-state index contributed by atoms with van der Waals surface area (Å²) in [5.74, 6) is 0.334. The van der Waals surface area contributed by atoms with E-state index in [0.717, 1.165) is 62.9 Å². The van der Waals surface area contributed by atoms with Crippen molar-refractivity contribution in [3.63, 3.8) is 0 Å². The molecule has 0 aromatic carbocycles. The van der Waals surface area contributed by atoms with Crippen LogP contribution in [0.2, 0.25) is 0 Å². The standard InChI is InChI=1S/C28H34FN9O3/c29-20-14-22(16-30-15-20)41-13-12-38(10-2-1-5-21-7-6-19-4-3-9-31-25(19)35-21)11-8-24(28(39)40)36-26-23-17-34-37-27(23)33-18-32-26/h6-7,14-18,24H,1-5,8-13H2,(H,31,35)(H,39,40)(H2,32,33,34,36,37). The van der Waals surface area contributed by atoms with E-state index in [1.54, 1.807) is 6.20 Å². The molecule has 4 N–H and O–H groups in total. The highest BCUT2D eigenvalue weighted by Gasteiger charge is 2.21. The first kappa shape index (κ1) is 28.1. The lowest BCUT2D eigenvalue weighted by Crippen LogP contribution is -2.37. The van der Waals surface area contributed by atoms with Gasteiger partial charge in [0.2, 0.25) is 0 Å². The number of nitrogens with zero attached hydrogens (tertiary/aromatic N) is 6. The van der Waals surface area contributed by atoms with Gasteiger partial charge >= 0.3 is 5.97 Å². The zero-order valence-electron chi connectivity index (χ0n) is 22.7. The van der Waals surface area contributed by atoms with Crippen molar-refractivity contribution in [3.8, 4) is 5.75 Å². The molecule has 0 aliphatic carbocycles. The van der Waals surface area contributed by atoms with Gasteiger partial charge in [0.05, 0.1) is 24.0 Å². The van der Waals surface area contributed by atoms with E-state index >= 15 is 0 Å². The number of carboxylic acids is 1. The molecule has 4 aromatic rings. The van der Waals surface area contributed by atoms with Crippen molar-refractivity contribution in [3.05, 3.63) is 60.2 Å². The molecule has 41 heavy (non-hydrogen) atoms. The lowest BCUT2D eigenvalue weighted by Gasteiger charge is -2.24. The summed E-state index contributed by atoms with van der Waals surface area (Å²) in [4.78, 5) is 31.2. The summed E-state index contributed by atoms with van der Waals surface area (Å²) >= 11 is 0. The van der Waals surface area contributed by atoms with Gasteiger partial charge in [0, 0.05) is 31.4 Å². The largest absolute Gasteiger partial charge is 0.491 e. The highest BCUT2D eigenvalue weighted by Crippen LogP contribution is 2.21. The number of carbonyl (C=O) groups is 1. The average molecular weight is 564 g/mol. The maximum atomic E-state index is 13.5. The first-order valence-electron chi connectivity index (χ1n) is 13.9. The SMILES string of the molecule is O=C(O)C(CCN(CCCCc1ccc2c(n1)NCCC2)CCOc1cncc(F)c1)Nc1ncnc2[nH]ncc12. The number of fused-ring (bicyclic) bond motifs is 2. The number of ether oxygens (including phenoxy) is 1. The van der Waals surface area contributed by atoms with Gasteiger partial charge in [-0.15, -0.1) is 0 Å². The number of pyridine rings is 2. The fourth-order valence-electron chi connectivity index (χ4n) is 4.86. The number of unbranched alkanes of at least 4 members (excludes halogenated alkanes) is 1. The van der Waals surface area contributed by atoms with Crippen LogP contribution in [0.4, 0.5) is 16.0 Å². The van der Waals surface area contributed by atoms with Crippen molar-refractivity contribution in [2.75, 3.05) is 43.4 Å². The number of rotatable bonds is 15. The normalized spacial score (nSPS) is 13.5. The van der Waals surface area contributed by atoms with E-state index in [0.29, 0.717) is 48.7 Å². The zero-order valence-corrected chi connectivity index (χ0v) is 22.7. The molecule has 12 nitrogen and oxygen atoms in total. The van der Waals surface area contributed by atoms with Crippen molar-refractivity contribution in [2.24, 2.45) is 0 Å². The molecule has 4 aromatic heterocycles. The first-order chi connectivity index (χ1) is 20.0. The van der Waals surface area contributed by atoms with E-state index in [1.807, 2.05) is 0 Å². The predicted molar refractivity (Wildman–Crippen MR) is 151 cm³/mol. The summed E-state index contributed by atoms with van der Waals surface area (Å²) in [5.41, 5.74) is 2.87. The Morgan fingerprint density at radius 1 is 1.17 bits per heavy atom. The Hall–Kier alpha value is -4.39. The molecule has 13 heteroatoms. The Bertz CT molecular complexity index is 1450. The number of hydrogen-bond acceptors (Lipinski definition) is 10. The molecule has 0 fully saturated rings. The quantitative estimate of drug-likeness (QED) is 0.158. The number of aromatic amines is 1. The van der Waals surface area contributed by atoms with Crippen LogP contribution in [-0.2, 0) is 17.6 Å². The summed E-state index contributed by atoms with van der Waals surface area (Å²) in [5, 5.41) is 23.7. The van der Waals surface area contributed by atoms with Gasteiger partial charge < -0.3 is 20.5 Å². The van der Waals surface area contributed by atoms with E-state index in [2.05, 4.69) is 52.8 Å². The summed E-state index contributed by atoms with van der Waals surface area (Å²) < 4.78 is 19.2. The molecule has 0 spiro atoms. The number of nitrogens with one attached hydrogen (secondary N) is 3. The monoisotopic (exact) mass is 563 g/mol. The fraction of sp³-hybridized carbons (Fsp3) is 0.429. The molecular weight excluding hydrogens is 529 g/mol. The second-order valence-corrected chi connectivity index (χ2v) is 10.0. The lowest BCUT2D eigenvalue weighted by atomic mass is 10.1.